The van der Waals surface area contributed by atoms with Crippen LogP contribution in [0.15, 0.2) is 54.9 Å². The lowest BCUT2D eigenvalue weighted by Gasteiger charge is -2.23. The Morgan fingerprint density at radius 3 is 2.50 bits per heavy atom. The van der Waals surface area contributed by atoms with E-state index in [0.717, 1.165) is 51.2 Å². The zero-order valence-electron chi connectivity index (χ0n) is 22.7. The van der Waals surface area contributed by atoms with Gasteiger partial charge in [-0.2, -0.15) is 0 Å². The predicted octanol–water partition coefficient (Wildman–Crippen LogP) is 5.70. The molecule has 2 aromatic carbocycles. The Bertz CT molecular complexity index is 1320. The van der Waals surface area contributed by atoms with Crippen LogP contribution in [0.3, 0.4) is 0 Å². The first kappa shape index (κ1) is 28.6. The number of carbonyl (C=O) groups is 2. The van der Waals surface area contributed by atoms with Crippen molar-refractivity contribution in [2.45, 2.75) is 66.5 Å². The van der Waals surface area contributed by atoms with Gasteiger partial charge in [-0.3, -0.25) is 4.79 Å². The number of aromatic nitrogens is 1. The molecule has 5 nitrogen and oxygen atoms in total. The maximum atomic E-state index is 12.6. The third kappa shape index (κ3) is 6.54. The number of Topliss-reactive ketones (excluding diaryl/α,β-unsaturated/α-hetero) is 1. The van der Waals surface area contributed by atoms with Crippen LogP contribution in [0.4, 0.5) is 5.69 Å². The summed E-state index contributed by atoms with van der Waals surface area (Å²) in [4.78, 5) is 25.7. The van der Waals surface area contributed by atoms with Crippen molar-refractivity contribution in [3.05, 3.63) is 76.7 Å². The third-order valence-electron chi connectivity index (χ3n) is 6.18. The van der Waals surface area contributed by atoms with Crippen molar-refractivity contribution in [2.24, 2.45) is 0 Å². The fourth-order valence-electron chi connectivity index (χ4n) is 4.52. The standard InChI is InChI=1S/C29H35N3O2.C2H6/c1-7-11-28-26-15-9-13-24(19-31(6)23(5)30-25-14-8-12-20(2)18-25)29(26)21(3)32(28)27(22(4)34)16-10-17-33;1-2/h8-9,11-15,17-18,27,30H,3,5,7,10,16,19H2,1-2,4,6H3;1-2H3. The molecule has 36 heavy (non-hydrogen) atoms. The Labute approximate surface area is 215 Å². The number of aryl methyl sites for hydroxylation is 1. The van der Waals surface area contributed by atoms with E-state index in [0.29, 0.717) is 19.4 Å². The summed E-state index contributed by atoms with van der Waals surface area (Å²) in [5.41, 5.74) is 3.29. The molecule has 3 aromatic rings. The minimum Gasteiger partial charge on any atom is -0.357 e. The first-order chi connectivity index (χ1) is 17.3. The second kappa shape index (κ2) is 13.5. The summed E-state index contributed by atoms with van der Waals surface area (Å²) < 4.78 is 2.03. The van der Waals surface area contributed by atoms with Crippen molar-refractivity contribution >= 4 is 41.2 Å². The highest BCUT2D eigenvalue weighted by atomic mass is 16.1. The monoisotopic (exact) mass is 487 g/mol. The topological polar surface area (TPSA) is 54.3 Å². The van der Waals surface area contributed by atoms with Crippen LogP contribution >= 0.6 is 0 Å². The molecule has 1 unspecified atom stereocenters. The highest BCUT2D eigenvalue weighted by Crippen LogP contribution is 2.21. The van der Waals surface area contributed by atoms with E-state index >= 15 is 0 Å². The molecule has 3 rings (SSSR count). The average Bonchev–Trinajstić information content (AvgIpc) is 3.13. The first-order valence-corrected chi connectivity index (χ1v) is 12.8. The minimum absolute atomic E-state index is 0.0345. The van der Waals surface area contributed by atoms with Crippen LogP contribution < -0.4 is 16.0 Å². The van der Waals surface area contributed by atoms with E-state index in [4.69, 9.17) is 0 Å². The highest BCUT2D eigenvalue weighted by molar-refractivity contribution is 5.89. The molecule has 1 atom stereocenters. The molecule has 5 heteroatoms. The van der Waals surface area contributed by atoms with Gasteiger partial charge in [0, 0.05) is 47.2 Å². The summed E-state index contributed by atoms with van der Waals surface area (Å²) in [5, 5.41) is 7.31. The molecular weight excluding hydrogens is 446 g/mol. The van der Waals surface area contributed by atoms with Crippen molar-refractivity contribution in [2.75, 3.05) is 12.4 Å². The average molecular weight is 488 g/mol. The molecular formula is C31H41N3O2. The number of hydrogen-bond donors (Lipinski definition) is 1. The number of nitrogens with one attached hydrogen (secondary N) is 1. The summed E-state index contributed by atoms with van der Waals surface area (Å²) in [6, 6.07) is 14.0. The van der Waals surface area contributed by atoms with E-state index in [1.807, 2.05) is 43.7 Å². The number of ketones is 1. The number of fused-ring (bicyclic) bond motifs is 1. The van der Waals surface area contributed by atoms with E-state index < -0.39 is 6.04 Å². The van der Waals surface area contributed by atoms with Crippen molar-refractivity contribution < 1.29 is 9.59 Å². The summed E-state index contributed by atoms with van der Waals surface area (Å²) in [6.45, 7) is 19.0. The van der Waals surface area contributed by atoms with Gasteiger partial charge in [0.1, 0.15) is 6.29 Å². The molecule has 0 aliphatic carbocycles. The molecule has 0 fully saturated rings. The molecule has 0 amide bonds. The lowest BCUT2D eigenvalue weighted by atomic mass is 10.1. The van der Waals surface area contributed by atoms with E-state index in [9.17, 15) is 9.59 Å². The predicted molar refractivity (Wildman–Crippen MR) is 153 cm³/mol. The number of nitrogens with zero attached hydrogens (tertiary/aromatic N) is 2. The van der Waals surface area contributed by atoms with E-state index in [-0.39, 0.29) is 5.78 Å². The van der Waals surface area contributed by atoms with Crippen LogP contribution in [-0.2, 0) is 16.1 Å². The molecule has 0 spiro atoms. The molecule has 1 aromatic heterocycles. The molecule has 1 N–H and O–H groups in total. The molecule has 0 aliphatic heterocycles. The van der Waals surface area contributed by atoms with Crippen LogP contribution in [0, 0.1) is 6.92 Å². The van der Waals surface area contributed by atoms with Crippen LogP contribution in [0.2, 0.25) is 0 Å². The van der Waals surface area contributed by atoms with Crippen molar-refractivity contribution in [1.82, 2.24) is 9.47 Å². The maximum Gasteiger partial charge on any atom is 0.152 e. The van der Waals surface area contributed by atoms with Gasteiger partial charge in [-0.25, -0.2) is 0 Å². The molecule has 0 aliphatic rings. The number of carbonyl (C=O) groups excluding carboxylic acids is 2. The number of hydrogen-bond acceptors (Lipinski definition) is 4. The van der Waals surface area contributed by atoms with Gasteiger partial charge >= 0.3 is 0 Å². The van der Waals surface area contributed by atoms with Crippen LogP contribution in [0.5, 0.6) is 0 Å². The summed E-state index contributed by atoms with van der Waals surface area (Å²) >= 11 is 0. The Hall–Kier alpha value is -3.60. The Morgan fingerprint density at radius 1 is 1.19 bits per heavy atom. The third-order valence-corrected chi connectivity index (χ3v) is 6.18. The van der Waals surface area contributed by atoms with Crippen LogP contribution in [0.1, 0.15) is 64.1 Å². The second-order valence-electron chi connectivity index (χ2n) is 8.82. The number of anilines is 1. The zero-order valence-corrected chi connectivity index (χ0v) is 22.7. The molecule has 0 radical (unpaired) electrons. The zero-order chi connectivity index (χ0) is 26.8. The van der Waals surface area contributed by atoms with Gasteiger partial charge in [0.2, 0.25) is 0 Å². The quantitative estimate of drug-likeness (QED) is 0.353. The largest absolute Gasteiger partial charge is 0.357 e. The van der Waals surface area contributed by atoms with Crippen LogP contribution in [-0.4, -0.2) is 28.6 Å². The first-order valence-electron chi connectivity index (χ1n) is 12.8. The second-order valence-corrected chi connectivity index (χ2v) is 8.82. The van der Waals surface area contributed by atoms with E-state index in [1.165, 1.54) is 5.56 Å². The van der Waals surface area contributed by atoms with Gasteiger partial charge in [0.15, 0.2) is 5.78 Å². The van der Waals surface area contributed by atoms with Gasteiger partial charge in [-0.15, -0.1) is 0 Å². The normalized spacial score (nSPS) is 12.0. The number of rotatable bonds is 11. The molecule has 0 bridgehead atoms. The summed E-state index contributed by atoms with van der Waals surface area (Å²) in [5.74, 6) is 0.827. The number of benzene rings is 2. The number of aldehydes is 1. The van der Waals surface area contributed by atoms with Gasteiger partial charge in [0.25, 0.3) is 0 Å². The lowest BCUT2D eigenvalue weighted by Crippen LogP contribution is -2.34. The fourth-order valence-corrected chi connectivity index (χ4v) is 4.52. The SMILES string of the molecule is C=C(Nc1cccc(C)c1)N(C)Cc1cccc2c(=CCC)n(C(CCC=O)C(C)=O)c(=C)c12.CC. The Balaban J connectivity index is 0.00000222. The molecule has 0 saturated heterocycles. The minimum atomic E-state index is -0.411. The van der Waals surface area contributed by atoms with Gasteiger partial charge in [-0.05, 0) is 49.9 Å². The molecule has 1 heterocycles. The summed E-state index contributed by atoms with van der Waals surface area (Å²) in [7, 11) is 2.01. The van der Waals surface area contributed by atoms with Crippen molar-refractivity contribution in [3.63, 3.8) is 0 Å². The van der Waals surface area contributed by atoms with Gasteiger partial charge < -0.3 is 19.6 Å². The summed E-state index contributed by atoms with van der Waals surface area (Å²) in [6.07, 6.45) is 4.65. The lowest BCUT2D eigenvalue weighted by molar-refractivity contribution is -0.120. The van der Waals surface area contributed by atoms with Gasteiger partial charge in [0.05, 0.1) is 11.9 Å². The highest BCUT2D eigenvalue weighted by Gasteiger charge is 2.21. The van der Waals surface area contributed by atoms with Crippen LogP contribution in [0.25, 0.3) is 23.4 Å². The molecule has 192 valence electrons. The van der Waals surface area contributed by atoms with Crippen molar-refractivity contribution in [1.29, 1.82) is 0 Å². The Kier molecular flexibility index (Phi) is 10.7. The van der Waals surface area contributed by atoms with E-state index in [1.54, 1.807) is 6.92 Å². The Morgan fingerprint density at radius 2 is 1.89 bits per heavy atom. The smallest absolute Gasteiger partial charge is 0.152 e. The maximum absolute atomic E-state index is 12.6. The fraction of sp³-hybridized carbons (Fsp3) is 0.355. The van der Waals surface area contributed by atoms with Gasteiger partial charge in [-0.1, -0.05) is 70.3 Å². The van der Waals surface area contributed by atoms with E-state index in [2.05, 4.69) is 67.6 Å². The molecule has 0 saturated carbocycles. The van der Waals surface area contributed by atoms with Crippen molar-refractivity contribution in [3.8, 4) is 0 Å².